The second kappa shape index (κ2) is 7.79. The monoisotopic (exact) mass is 305 g/mol. The van der Waals surface area contributed by atoms with Crippen LogP contribution in [-0.4, -0.2) is 61.6 Å². The molecule has 6 heteroatoms. The standard InChI is InChI=1S/C16H23N3O3/c1-13-5-3-4-6-14(13)11-17-16(21)19-9-7-18(8-10-19)15(20)12-22-2/h3-6H,7-12H2,1-2H3,(H,17,21). The molecular weight excluding hydrogens is 282 g/mol. The summed E-state index contributed by atoms with van der Waals surface area (Å²) in [4.78, 5) is 27.4. The maximum absolute atomic E-state index is 12.2. The van der Waals surface area contributed by atoms with E-state index >= 15 is 0 Å². The lowest BCUT2D eigenvalue weighted by Gasteiger charge is -2.34. The molecule has 3 amide bonds. The van der Waals surface area contributed by atoms with Crippen LogP contribution in [0.25, 0.3) is 0 Å². The Balaban J connectivity index is 1.78. The molecule has 0 radical (unpaired) electrons. The number of urea groups is 1. The number of nitrogens with one attached hydrogen (secondary N) is 1. The Bertz CT molecular complexity index is 525. The molecule has 6 nitrogen and oxygen atoms in total. The zero-order valence-electron chi connectivity index (χ0n) is 13.2. The van der Waals surface area contributed by atoms with Crippen LogP contribution in [0, 0.1) is 6.92 Å². The molecule has 2 rings (SSSR count). The predicted molar refractivity (Wildman–Crippen MR) is 83.4 cm³/mol. The summed E-state index contributed by atoms with van der Waals surface area (Å²) in [7, 11) is 1.51. The van der Waals surface area contributed by atoms with Gasteiger partial charge >= 0.3 is 6.03 Å². The van der Waals surface area contributed by atoms with E-state index in [0.717, 1.165) is 11.1 Å². The Morgan fingerprint density at radius 2 is 1.77 bits per heavy atom. The van der Waals surface area contributed by atoms with Crippen LogP contribution in [0.1, 0.15) is 11.1 Å². The number of benzene rings is 1. The minimum atomic E-state index is -0.0814. The maximum Gasteiger partial charge on any atom is 0.317 e. The SMILES string of the molecule is COCC(=O)N1CCN(C(=O)NCc2ccccc2C)CC1. The third kappa shape index (κ3) is 4.21. The second-order valence-corrected chi connectivity index (χ2v) is 5.39. The molecule has 1 aliphatic heterocycles. The van der Waals surface area contributed by atoms with Gasteiger partial charge in [0.25, 0.3) is 0 Å². The molecule has 1 aromatic rings. The van der Waals surface area contributed by atoms with Crippen molar-refractivity contribution < 1.29 is 14.3 Å². The highest BCUT2D eigenvalue weighted by Crippen LogP contribution is 2.07. The number of methoxy groups -OCH3 is 1. The van der Waals surface area contributed by atoms with Gasteiger partial charge in [-0.05, 0) is 18.1 Å². The van der Waals surface area contributed by atoms with Crippen molar-refractivity contribution in [2.24, 2.45) is 0 Å². The Labute approximate surface area is 131 Å². The summed E-state index contributed by atoms with van der Waals surface area (Å²) in [5, 5.41) is 2.94. The first-order chi connectivity index (χ1) is 10.6. The zero-order valence-corrected chi connectivity index (χ0v) is 13.2. The third-order valence-corrected chi connectivity index (χ3v) is 3.88. The van der Waals surface area contributed by atoms with Crippen molar-refractivity contribution in [3.8, 4) is 0 Å². The number of nitrogens with zero attached hydrogens (tertiary/aromatic N) is 2. The minimum absolute atomic E-state index is 0.0255. The fourth-order valence-electron chi connectivity index (χ4n) is 2.46. The predicted octanol–water partition coefficient (Wildman–Crippen LogP) is 0.995. The number of aryl methyl sites for hydroxylation is 1. The van der Waals surface area contributed by atoms with Gasteiger partial charge in [0.2, 0.25) is 5.91 Å². The summed E-state index contributed by atoms with van der Waals surface area (Å²) in [6.45, 7) is 4.86. The number of carbonyl (C=O) groups is 2. The minimum Gasteiger partial charge on any atom is -0.375 e. The number of hydrogen-bond donors (Lipinski definition) is 1. The molecule has 0 saturated carbocycles. The lowest BCUT2D eigenvalue weighted by Crippen LogP contribution is -2.53. The molecule has 1 aliphatic rings. The van der Waals surface area contributed by atoms with E-state index < -0.39 is 0 Å². The van der Waals surface area contributed by atoms with Crippen molar-refractivity contribution >= 4 is 11.9 Å². The highest BCUT2D eigenvalue weighted by molar-refractivity contribution is 5.78. The van der Waals surface area contributed by atoms with Crippen LogP contribution in [0.15, 0.2) is 24.3 Å². The Morgan fingerprint density at radius 1 is 1.14 bits per heavy atom. The van der Waals surface area contributed by atoms with Gasteiger partial charge in [0.1, 0.15) is 6.61 Å². The fraction of sp³-hybridized carbons (Fsp3) is 0.500. The Morgan fingerprint density at radius 3 is 2.41 bits per heavy atom. The van der Waals surface area contributed by atoms with E-state index in [0.29, 0.717) is 32.7 Å². The molecule has 1 heterocycles. The van der Waals surface area contributed by atoms with E-state index in [1.165, 1.54) is 7.11 Å². The van der Waals surface area contributed by atoms with Crippen LogP contribution in [0.2, 0.25) is 0 Å². The van der Waals surface area contributed by atoms with E-state index in [4.69, 9.17) is 4.74 Å². The summed E-state index contributed by atoms with van der Waals surface area (Å²) in [6, 6.07) is 7.91. The number of ether oxygens (including phenoxy) is 1. The third-order valence-electron chi connectivity index (χ3n) is 3.88. The number of hydrogen-bond acceptors (Lipinski definition) is 3. The van der Waals surface area contributed by atoms with E-state index in [1.54, 1.807) is 9.80 Å². The van der Waals surface area contributed by atoms with Crippen LogP contribution in [0.4, 0.5) is 4.79 Å². The second-order valence-electron chi connectivity index (χ2n) is 5.39. The summed E-state index contributed by atoms with van der Waals surface area (Å²) < 4.78 is 4.85. The average Bonchev–Trinajstić information content (AvgIpc) is 2.54. The van der Waals surface area contributed by atoms with Crippen molar-refractivity contribution in [3.05, 3.63) is 35.4 Å². The molecule has 0 atom stereocenters. The molecule has 22 heavy (non-hydrogen) atoms. The van der Waals surface area contributed by atoms with E-state index in [2.05, 4.69) is 5.32 Å². The summed E-state index contributed by atoms with van der Waals surface area (Å²) in [5.41, 5.74) is 2.28. The first kappa shape index (κ1) is 16.3. The highest BCUT2D eigenvalue weighted by atomic mass is 16.5. The van der Waals surface area contributed by atoms with Crippen molar-refractivity contribution in [2.75, 3.05) is 39.9 Å². The van der Waals surface area contributed by atoms with Gasteiger partial charge in [-0.2, -0.15) is 0 Å². The van der Waals surface area contributed by atoms with Crippen LogP contribution >= 0.6 is 0 Å². The molecule has 0 spiro atoms. The van der Waals surface area contributed by atoms with Crippen molar-refractivity contribution in [1.29, 1.82) is 0 Å². The molecular formula is C16H23N3O3. The molecule has 0 bridgehead atoms. The topological polar surface area (TPSA) is 61.9 Å². The largest absolute Gasteiger partial charge is 0.375 e. The number of rotatable bonds is 4. The van der Waals surface area contributed by atoms with Crippen LogP contribution in [0.3, 0.4) is 0 Å². The first-order valence-electron chi connectivity index (χ1n) is 7.46. The quantitative estimate of drug-likeness (QED) is 0.902. The van der Waals surface area contributed by atoms with Gasteiger partial charge in [-0.3, -0.25) is 4.79 Å². The lowest BCUT2D eigenvalue weighted by molar-refractivity contribution is -0.136. The average molecular weight is 305 g/mol. The molecule has 1 aromatic carbocycles. The summed E-state index contributed by atoms with van der Waals surface area (Å²) in [6.07, 6.45) is 0. The van der Waals surface area contributed by atoms with Gasteiger partial charge in [-0.1, -0.05) is 24.3 Å². The maximum atomic E-state index is 12.2. The van der Waals surface area contributed by atoms with Gasteiger partial charge in [0, 0.05) is 39.8 Å². The van der Waals surface area contributed by atoms with Crippen molar-refractivity contribution in [2.45, 2.75) is 13.5 Å². The lowest BCUT2D eigenvalue weighted by atomic mass is 10.1. The number of piperazine rings is 1. The van der Waals surface area contributed by atoms with Crippen molar-refractivity contribution in [1.82, 2.24) is 15.1 Å². The molecule has 1 fully saturated rings. The normalized spacial score (nSPS) is 14.8. The van der Waals surface area contributed by atoms with Gasteiger partial charge in [-0.15, -0.1) is 0 Å². The van der Waals surface area contributed by atoms with Crippen LogP contribution < -0.4 is 5.32 Å². The highest BCUT2D eigenvalue weighted by Gasteiger charge is 2.23. The zero-order chi connectivity index (χ0) is 15.9. The summed E-state index contributed by atoms with van der Waals surface area (Å²) in [5.74, 6) is -0.0255. The van der Waals surface area contributed by atoms with Crippen LogP contribution in [0.5, 0.6) is 0 Å². The molecule has 1 saturated heterocycles. The first-order valence-corrected chi connectivity index (χ1v) is 7.46. The summed E-state index contributed by atoms with van der Waals surface area (Å²) >= 11 is 0. The molecule has 0 aliphatic carbocycles. The molecule has 0 unspecified atom stereocenters. The molecule has 120 valence electrons. The van der Waals surface area contributed by atoms with Gasteiger partial charge in [0.15, 0.2) is 0 Å². The number of amides is 3. The molecule has 1 N–H and O–H groups in total. The van der Waals surface area contributed by atoms with E-state index in [9.17, 15) is 9.59 Å². The fourth-order valence-corrected chi connectivity index (χ4v) is 2.46. The number of carbonyl (C=O) groups excluding carboxylic acids is 2. The Kier molecular flexibility index (Phi) is 5.77. The van der Waals surface area contributed by atoms with E-state index in [-0.39, 0.29) is 18.5 Å². The van der Waals surface area contributed by atoms with Crippen LogP contribution in [-0.2, 0) is 16.1 Å². The smallest absolute Gasteiger partial charge is 0.317 e. The Hall–Kier alpha value is -2.08. The van der Waals surface area contributed by atoms with Gasteiger partial charge in [0.05, 0.1) is 0 Å². The van der Waals surface area contributed by atoms with Gasteiger partial charge in [-0.25, -0.2) is 4.79 Å². The molecule has 0 aromatic heterocycles. The van der Waals surface area contributed by atoms with Crippen molar-refractivity contribution in [3.63, 3.8) is 0 Å². The van der Waals surface area contributed by atoms with E-state index in [1.807, 2.05) is 31.2 Å². The van der Waals surface area contributed by atoms with Gasteiger partial charge < -0.3 is 19.9 Å².